The molecule has 1 aliphatic rings. The predicted molar refractivity (Wildman–Crippen MR) is 101 cm³/mol. The number of fused-ring (bicyclic) bond motifs is 1. The molecule has 4 rings (SSSR count). The molecule has 1 aliphatic heterocycles. The van der Waals surface area contributed by atoms with Gasteiger partial charge in [-0.2, -0.15) is 5.10 Å². The largest absolute Gasteiger partial charge is 0.355 e. The molecule has 0 N–H and O–H groups in total. The van der Waals surface area contributed by atoms with E-state index in [0.29, 0.717) is 5.92 Å². The lowest BCUT2D eigenvalue weighted by atomic mass is 9.96. The first-order valence-corrected chi connectivity index (χ1v) is 9.11. The van der Waals surface area contributed by atoms with Crippen LogP contribution in [0.4, 0.5) is 5.82 Å². The van der Waals surface area contributed by atoms with Crippen LogP contribution >= 0.6 is 0 Å². The first kappa shape index (κ1) is 16.8. The van der Waals surface area contributed by atoms with Crippen molar-refractivity contribution in [1.82, 2.24) is 24.1 Å². The van der Waals surface area contributed by atoms with Gasteiger partial charge in [0.1, 0.15) is 5.52 Å². The number of rotatable bonds is 3. The Labute approximate surface area is 152 Å². The van der Waals surface area contributed by atoms with Crippen molar-refractivity contribution in [2.24, 2.45) is 5.92 Å². The zero-order valence-electron chi connectivity index (χ0n) is 15.5. The van der Waals surface area contributed by atoms with E-state index in [1.807, 2.05) is 31.5 Å². The minimum atomic E-state index is 0.0844. The molecule has 4 heterocycles. The van der Waals surface area contributed by atoms with Gasteiger partial charge in [0.05, 0.1) is 12.0 Å². The summed E-state index contributed by atoms with van der Waals surface area (Å²) in [5.74, 6) is 1.48. The average Bonchev–Trinajstić information content (AvgIpc) is 3.03. The lowest BCUT2D eigenvalue weighted by Gasteiger charge is -2.33. The third-order valence-corrected chi connectivity index (χ3v) is 5.38. The van der Waals surface area contributed by atoms with E-state index in [9.17, 15) is 4.79 Å². The van der Waals surface area contributed by atoms with E-state index < -0.39 is 0 Å². The summed E-state index contributed by atoms with van der Waals surface area (Å²) in [4.78, 5) is 23.6. The highest BCUT2D eigenvalue weighted by Gasteiger charge is 2.23. The number of aromatic nitrogens is 5. The molecule has 0 saturated carbocycles. The van der Waals surface area contributed by atoms with Gasteiger partial charge in [0, 0.05) is 43.3 Å². The first-order valence-electron chi connectivity index (χ1n) is 9.11. The Balaban J connectivity index is 1.47. The Morgan fingerprint density at radius 3 is 2.69 bits per heavy atom. The Morgan fingerprint density at radius 1 is 1.15 bits per heavy atom. The highest BCUT2D eigenvalue weighted by Crippen LogP contribution is 2.26. The number of aryl methyl sites for hydroxylation is 2. The maximum atomic E-state index is 12.4. The zero-order valence-corrected chi connectivity index (χ0v) is 15.5. The molecule has 0 unspecified atom stereocenters. The summed E-state index contributed by atoms with van der Waals surface area (Å²) in [6.07, 6.45) is 7.46. The molecule has 0 spiro atoms. The molecule has 0 bridgehead atoms. The molecule has 0 amide bonds. The van der Waals surface area contributed by atoms with Crippen molar-refractivity contribution >= 4 is 11.3 Å². The minimum absolute atomic E-state index is 0.0844. The quantitative estimate of drug-likeness (QED) is 0.722. The van der Waals surface area contributed by atoms with Crippen LogP contribution in [0.5, 0.6) is 0 Å². The molecular formula is C19H24N6O. The summed E-state index contributed by atoms with van der Waals surface area (Å²) in [5.41, 5.74) is 3.70. The summed E-state index contributed by atoms with van der Waals surface area (Å²) in [5, 5.41) is 4.47. The standard InChI is InChI=1S/C19H24N6O/c1-13-10-17-18(20-6-9-25(17)22-13)23-7-4-16(5-8-23)11-24-12-21-15(3)14(2)19(24)26/h6,9-10,12,16H,4-5,7-8,11H2,1-3H3. The molecule has 0 aliphatic carbocycles. The van der Waals surface area contributed by atoms with Gasteiger partial charge in [-0.1, -0.05) is 0 Å². The molecule has 136 valence electrons. The van der Waals surface area contributed by atoms with Crippen molar-refractivity contribution in [3.8, 4) is 0 Å². The second-order valence-electron chi connectivity index (χ2n) is 7.21. The van der Waals surface area contributed by atoms with Crippen LogP contribution in [-0.4, -0.2) is 37.2 Å². The molecule has 0 aromatic carbocycles. The predicted octanol–water partition coefficient (Wildman–Crippen LogP) is 2.13. The van der Waals surface area contributed by atoms with Gasteiger partial charge in [-0.3, -0.25) is 9.36 Å². The molecule has 3 aromatic heterocycles. The highest BCUT2D eigenvalue weighted by molar-refractivity contribution is 5.69. The molecule has 26 heavy (non-hydrogen) atoms. The van der Waals surface area contributed by atoms with Gasteiger partial charge in [-0.05, 0) is 45.6 Å². The van der Waals surface area contributed by atoms with E-state index in [2.05, 4.69) is 26.0 Å². The average molecular weight is 352 g/mol. The molecule has 7 nitrogen and oxygen atoms in total. The molecule has 3 aromatic rings. The lowest BCUT2D eigenvalue weighted by Crippen LogP contribution is -2.37. The molecule has 0 radical (unpaired) electrons. The minimum Gasteiger partial charge on any atom is -0.355 e. The van der Waals surface area contributed by atoms with Crippen LogP contribution in [-0.2, 0) is 6.54 Å². The summed E-state index contributed by atoms with van der Waals surface area (Å²) in [7, 11) is 0. The van der Waals surface area contributed by atoms with Crippen LogP contribution in [0.2, 0.25) is 0 Å². The van der Waals surface area contributed by atoms with Crippen LogP contribution in [0.25, 0.3) is 5.52 Å². The third kappa shape index (κ3) is 2.98. The van der Waals surface area contributed by atoms with Crippen molar-refractivity contribution in [3.05, 3.63) is 52.1 Å². The van der Waals surface area contributed by atoms with Crippen molar-refractivity contribution in [3.63, 3.8) is 0 Å². The summed E-state index contributed by atoms with van der Waals surface area (Å²) in [6, 6.07) is 2.08. The van der Waals surface area contributed by atoms with Gasteiger partial charge in [0.2, 0.25) is 0 Å². The van der Waals surface area contributed by atoms with Crippen LogP contribution in [0.15, 0.2) is 29.6 Å². The maximum absolute atomic E-state index is 12.4. The molecule has 1 saturated heterocycles. The summed E-state index contributed by atoms with van der Waals surface area (Å²) >= 11 is 0. The SMILES string of the molecule is Cc1cc2c(N3CCC(Cn4cnc(C)c(C)c4=O)CC3)nccn2n1. The van der Waals surface area contributed by atoms with Gasteiger partial charge in [0.15, 0.2) is 5.82 Å². The van der Waals surface area contributed by atoms with Crippen LogP contribution in [0, 0.1) is 26.7 Å². The number of hydrogen-bond acceptors (Lipinski definition) is 5. The lowest BCUT2D eigenvalue weighted by molar-refractivity contribution is 0.349. The normalized spacial score (nSPS) is 15.7. The van der Waals surface area contributed by atoms with E-state index in [1.165, 1.54) is 0 Å². The van der Waals surface area contributed by atoms with E-state index in [1.54, 1.807) is 17.1 Å². The summed E-state index contributed by atoms with van der Waals surface area (Å²) in [6.45, 7) is 8.35. The second-order valence-corrected chi connectivity index (χ2v) is 7.21. The molecule has 1 fully saturated rings. The fourth-order valence-electron chi connectivity index (χ4n) is 3.69. The molecular weight excluding hydrogens is 328 g/mol. The number of hydrogen-bond donors (Lipinski definition) is 0. The van der Waals surface area contributed by atoms with E-state index in [4.69, 9.17) is 0 Å². The Bertz CT molecular complexity index is 997. The van der Waals surface area contributed by atoms with E-state index in [0.717, 1.165) is 60.8 Å². The van der Waals surface area contributed by atoms with Crippen molar-refractivity contribution in [1.29, 1.82) is 0 Å². The van der Waals surface area contributed by atoms with Gasteiger partial charge in [0.25, 0.3) is 5.56 Å². The van der Waals surface area contributed by atoms with Gasteiger partial charge in [-0.15, -0.1) is 0 Å². The van der Waals surface area contributed by atoms with Crippen LogP contribution in [0.1, 0.15) is 29.8 Å². The number of piperidine rings is 1. The van der Waals surface area contributed by atoms with E-state index >= 15 is 0 Å². The highest BCUT2D eigenvalue weighted by atomic mass is 16.1. The topological polar surface area (TPSA) is 68.3 Å². The first-order chi connectivity index (χ1) is 12.5. The van der Waals surface area contributed by atoms with Crippen molar-refractivity contribution in [2.45, 2.75) is 40.2 Å². The van der Waals surface area contributed by atoms with Crippen molar-refractivity contribution in [2.75, 3.05) is 18.0 Å². The Kier molecular flexibility index (Phi) is 4.22. The second kappa shape index (κ2) is 6.55. The fraction of sp³-hybridized carbons (Fsp3) is 0.474. The molecule has 0 atom stereocenters. The van der Waals surface area contributed by atoms with E-state index in [-0.39, 0.29) is 5.56 Å². The monoisotopic (exact) mass is 352 g/mol. The third-order valence-electron chi connectivity index (χ3n) is 5.38. The van der Waals surface area contributed by atoms with Gasteiger partial charge < -0.3 is 4.90 Å². The number of nitrogens with zero attached hydrogens (tertiary/aromatic N) is 6. The van der Waals surface area contributed by atoms with Gasteiger partial charge >= 0.3 is 0 Å². The Hall–Kier alpha value is -2.70. The van der Waals surface area contributed by atoms with Crippen LogP contribution < -0.4 is 10.5 Å². The Morgan fingerprint density at radius 2 is 1.92 bits per heavy atom. The van der Waals surface area contributed by atoms with Crippen molar-refractivity contribution < 1.29 is 0 Å². The fourth-order valence-corrected chi connectivity index (χ4v) is 3.69. The maximum Gasteiger partial charge on any atom is 0.256 e. The number of anilines is 1. The van der Waals surface area contributed by atoms with Crippen LogP contribution in [0.3, 0.4) is 0 Å². The van der Waals surface area contributed by atoms with Gasteiger partial charge in [-0.25, -0.2) is 14.5 Å². The zero-order chi connectivity index (χ0) is 18.3. The summed E-state index contributed by atoms with van der Waals surface area (Å²) < 4.78 is 3.66. The smallest absolute Gasteiger partial charge is 0.256 e. The molecule has 7 heteroatoms.